The van der Waals surface area contributed by atoms with Crippen LogP contribution in [0.1, 0.15) is 6.92 Å². The molecule has 1 rings (SSSR count). The summed E-state index contributed by atoms with van der Waals surface area (Å²) in [6.07, 6.45) is -5.71. The summed E-state index contributed by atoms with van der Waals surface area (Å²) in [6, 6.07) is 0. The third-order valence-electron chi connectivity index (χ3n) is 1.99. The highest BCUT2D eigenvalue weighted by molar-refractivity contribution is 4.89. The molecule has 2 unspecified atom stereocenters. The van der Waals surface area contributed by atoms with Gasteiger partial charge in [-0.2, -0.15) is 0 Å². The quantitative estimate of drug-likeness (QED) is 0.282. The van der Waals surface area contributed by atoms with Gasteiger partial charge in [0.25, 0.3) is 0 Å². The molecule has 0 bridgehead atoms. The summed E-state index contributed by atoms with van der Waals surface area (Å²) in [7, 11) is 0. The van der Waals surface area contributed by atoms with Gasteiger partial charge in [-0.05, 0) is 12.5 Å². The van der Waals surface area contributed by atoms with Gasteiger partial charge < -0.3 is 20.1 Å². The van der Waals surface area contributed by atoms with E-state index in [4.69, 9.17) is 10.3 Å². The number of hydrogen-bond acceptors (Lipinski definition) is 5. The summed E-state index contributed by atoms with van der Waals surface area (Å²) in [4.78, 5) is 2.45. The zero-order valence-corrected chi connectivity index (χ0v) is 6.98. The van der Waals surface area contributed by atoms with E-state index in [9.17, 15) is 15.3 Å². The molecule has 74 valence electrons. The van der Waals surface area contributed by atoms with Crippen molar-refractivity contribution in [2.24, 2.45) is 5.11 Å². The molecule has 7 nitrogen and oxygen atoms in total. The van der Waals surface area contributed by atoms with E-state index in [1.54, 1.807) is 0 Å². The van der Waals surface area contributed by atoms with Crippen molar-refractivity contribution >= 4 is 0 Å². The number of aliphatic hydroxyl groups excluding tert-OH is 3. The van der Waals surface area contributed by atoms with Gasteiger partial charge in [-0.1, -0.05) is 5.11 Å². The summed E-state index contributed by atoms with van der Waals surface area (Å²) >= 11 is 0. The molecule has 0 aromatic carbocycles. The fraction of sp³-hybridized carbons (Fsp3) is 1.00. The fourth-order valence-corrected chi connectivity index (χ4v) is 1.18. The molecule has 0 aliphatic carbocycles. The molecule has 0 amide bonds. The Kier molecular flexibility index (Phi) is 3.07. The molecule has 0 spiro atoms. The Morgan fingerprint density at radius 3 is 2.38 bits per heavy atom. The maximum Gasteiger partial charge on any atom is 0.165 e. The van der Waals surface area contributed by atoms with Crippen molar-refractivity contribution in [2.75, 3.05) is 0 Å². The van der Waals surface area contributed by atoms with E-state index in [-0.39, 0.29) is 0 Å². The molecule has 13 heavy (non-hydrogen) atoms. The highest BCUT2D eigenvalue weighted by Crippen LogP contribution is 2.21. The van der Waals surface area contributed by atoms with Crippen LogP contribution in [-0.2, 0) is 4.74 Å². The lowest BCUT2D eigenvalue weighted by molar-refractivity contribution is -0.214. The Hall–Kier alpha value is -0.850. The third-order valence-corrected chi connectivity index (χ3v) is 1.99. The molecule has 1 aliphatic heterocycles. The molecule has 1 saturated heterocycles. The second kappa shape index (κ2) is 3.91. The molecular formula is C6H11N3O4. The van der Waals surface area contributed by atoms with Crippen LogP contribution in [0.15, 0.2) is 5.11 Å². The van der Waals surface area contributed by atoms with E-state index in [2.05, 4.69) is 10.0 Å². The van der Waals surface area contributed by atoms with Crippen LogP contribution in [0.4, 0.5) is 0 Å². The van der Waals surface area contributed by atoms with E-state index in [1.165, 1.54) is 6.92 Å². The zero-order valence-electron chi connectivity index (χ0n) is 6.98. The average Bonchev–Trinajstić information content (AvgIpc) is 2.11. The van der Waals surface area contributed by atoms with Gasteiger partial charge in [0.2, 0.25) is 0 Å². The topological polar surface area (TPSA) is 119 Å². The minimum absolute atomic E-state index is 0.672. The van der Waals surface area contributed by atoms with Gasteiger partial charge >= 0.3 is 0 Å². The summed E-state index contributed by atoms with van der Waals surface area (Å²) in [5.74, 6) is 0. The lowest BCUT2D eigenvalue weighted by Gasteiger charge is -2.37. The van der Waals surface area contributed by atoms with Crippen LogP contribution in [0, 0.1) is 0 Å². The van der Waals surface area contributed by atoms with Crippen molar-refractivity contribution < 1.29 is 20.1 Å². The predicted molar refractivity (Wildman–Crippen MR) is 41.5 cm³/mol. The van der Waals surface area contributed by atoms with Crippen LogP contribution >= 0.6 is 0 Å². The number of azide groups is 1. The highest BCUT2D eigenvalue weighted by atomic mass is 16.5. The van der Waals surface area contributed by atoms with Gasteiger partial charge in [0.05, 0.1) is 6.10 Å². The minimum Gasteiger partial charge on any atom is -0.388 e. The Morgan fingerprint density at radius 1 is 1.23 bits per heavy atom. The number of aliphatic hydroxyl groups is 3. The van der Waals surface area contributed by atoms with E-state index < -0.39 is 30.6 Å². The molecule has 1 aliphatic rings. The molecule has 7 heteroatoms. The van der Waals surface area contributed by atoms with Crippen LogP contribution in [0.2, 0.25) is 0 Å². The van der Waals surface area contributed by atoms with Gasteiger partial charge in [-0.25, -0.2) is 0 Å². The first-order valence-electron chi connectivity index (χ1n) is 3.81. The van der Waals surface area contributed by atoms with Crippen LogP contribution in [0.25, 0.3) is 10.4 Å². The molecule has 1 heterocycles. The van der Waals surface area contributed by atoms with Crippen LogP contribution in [0.3, 0.4) is 0 Å². The molecule has 0 radical (unpaired) electrons. The fourth-order valence-electron chi connectivity index (χ4n) is 1.18. The Morgan fingerprint density at radius 2 is 1.85 bits per heavy atom. The lowest BCUT2D eigenvalue weighted by Crippen LogP contribution is -2.55. The van der Waals surface area contributed by atoms with Crippen LogP contribution in [-0.4, -0.2) is 46.0 Å². The van der Waals surface area contributed by atoms with Gasteiger partial charge in [0.15, 0.2) is 6.23 Å². The first-order valence-corrected chi connectivity index (χ1v) is 3.81. The minimum atomic E-state index is -1.39. The second-order valence-corrected chi connectivity index (χ2v) is 2.91. The monoisotopic (exact) mass is 189 g/mol. The number of rotatable bonds is 1. The summed E-state index contributed by atoms with van der Waals surface area (Å²) in [5, 5.41) is 30.9. The Labute approximate surface area is 74.2 Å². The predicted octanol–water partition coefficient (Wildman–Crippen LogP) is -0.876. The van der Waals surface area contributed by atoms with E-state index in [1.807, 2.05) is 0 Å². The summed E-state index contributed by atoms with van der Waals surface area (Å²) in [5.41, 5.74) is 8.10. The maximum absolute atomic E-state index is 9.26. The average molecular weight is 189 g/mol. The van der Waals surface area contributed by atoms with Crippen molar-refractivity contribution in [3.63, 3.8) is 0 Å². The van der Waals surface area contributed by atoms with Gasteiger partial charge in [0.1, 0.15) is 18.3 Å². The summed E-state index contributed by atoms with van der Waals surface area (Å²) < 4.78 is 4.94. The van der Waals surface area contributed by atoms with Gasteiger partial charge in [0, 0.05) is 4.91 Å². The first kappa shape index (κ1) is 10.2. The zero-order chi connectivity index (χ0) is 10.0. The largest absolute Gasteiger partial charge is 0.388 e. The maximum atomic E-state index is 9.26. The van der Waals surface area contributed by atoms with Crippen molar-refractivity contribution in [3.05, 3.63) is 10.4 Å². The van der Waals surface area contributed by atoms with Crippen LogP contribution in [0.5, 0.6) is 0 Å². The molecule has 3 N–H and O–H groups in total. The Bertz CT molecular complexity index is 230. The number of hydrogen-bond donors (Lipinski definition) is 3. The normalized spacial score (nSPS) is 45.4. The van der Waals surface area contributed by atoms with E-state index >= 15 is 0 Å². The number of ether oxygens (including phenoxy) is 1. The third kappa shape index (κ3) is 1.90. The van der Waals surface area contributed by atoms with Gasteiger partial charge in [-0.15, -0.1) is 0 Å². The molecule has 0 aromatic heterocycles. The van der Waals surface area contributed by atoms with Crippen molar-refractivity contribution in [1.82, 2.24) is 0 Å². The molecule has 5 atom stereocenters. The highest BCUT2D eigenvalue weighted by Gasteiger charge is 2.41. The molecule has 0 aromatic rings. The van der Waals surface area contributed by atoms with Crippen molar-refractivity contribution in [2.45, 2.75) is 37.6 Å². The summed E-state index contributed by atoms with van der Waals surface area (Å²) in [6.45, 7) is 1.51. The SMILES string of the molecule is CC1O[C@H](N=[N+]=[N-])[C@@H](O)C(O)[C@@H]1O. The molecule has 0 saturated carbocycles. The van der Waals surface area contributed by atoms with E-state index in [0.717, 1.165) is 0 Å². The van der Waals surface area contributed by atoms with Crippen molar-refractivity contribution in [1.29, 1.82) is 0 Å². The molecule has 1 fully saturated rings. The smallest absolute Gasteiger partial charge is 0.165 e. The molecular weight excluding hydrogens is 178 g/mol. The lowest BCUT2D eigenvalue weighted by atomic mass is 9.99. The second-order valence-electron chi connectivity index (χ2n) is 2.91. The standard InChI is InChI=1S/C6H11N3O4/c1-2-3(10)4(11)5(12)6(13-2)8-9-7/h2-6,10-12H,1H3/t2?,3-,4?,5+,6+/m1/s1. The number of nitrogens with zero attached hydrogens (tertiary/aromatic N) is 3. The Balaban J connectivity index is 2.75. The first-order chi connectivity index (χ1) is 6.07. The van der Waals surface area contributed by atoms with Crippen LogP contribution < -0.4 is 0 Å². The van der Waals surface area contributed by atoms with Crippen molar-refractivity contribution in [3.8, 4) is 0 Å². The van der Waals surface area contributed by atoms with E-state index in [0.29, 0.717) is 0 Å². The van der Waals surface area contributed by atoms with Gasteiger partial charge in [-0.3, -0.25) is 0 Å².